The van der Waals surface area contributed by atoms with Crippen LogP contribution in [0.3, 0.4) is 0 Å². The van der Waals surface area contributed by atoms with Gasteiger partial charge in [-0.1, -0.05) is 0 Å². The number of benzene rings is 1. The number of nitrogens with zero attached hydrogens (tertiary/aromatic N) is 1. The van der Waals surface area contributed by atoms with Crippen molar-refractivity contribution in [2.75, 3.05) is 5.73 Å². The van der Waals surface area contributed by atoms with Crippen molar-refractivity contribution >= 4 is 17.0 Å². The van der Waals surface area contributed by atoms with Crippen LogP contribution in [0.2, 0.25) is 0 Å². The fraction of sp³-hybridized carbons (Fsp3) is 0. The van der Waals surface area contributed by atoms with Gasteiger partial charge in [-0.2, -0.15) is 0 Å². The maximum atomic E-state index is 12.9. The van der Waals surface area contributed by atoms with Gasteiger partial charge < -0.3 is 5.73 Å². The van der Waals surface area contributed by atoms with Crippen molar-refractivity contribution in [2.45, 2.75) is 0 Å². The van der Waals surface area contributed by atoms with Gasteiger partial charge in [-0.05, 0) is 23.8 Å². The molecule has 66 valence electrons. The molecule has 1 heterocycles. The molecule has 0 saturated carbocycles. The minimum atomic E-state index is -0.316. The highest BCUT2D eigenvalue weighted by Gasteiger charge is 2.02. The van der Waals surface area contributed by atoms with Gasteiger partial charge >= 0.3 is 0 Å². The van der Waals surface area contributed by atoms with Gasteiger partial charge in [-0.25, -0.2) is 4.39 Å². The average molecular weight is 194 g/mol. The first-order valence-corrected chi connectivity index (χ1v) is 4.58. The first-order valence-electron chi connectivity index (χ1n) is 3.70. The largest absolute Gasteiger partial charge is 0.399 e. The highest BCUT2D eigenvalue weighted by atomic mass is 32.1. The van der Waals surface area contributed by atoms with Crippen LogP contribution in [0.5, 0.6) is 0 Å². The summed E-state index contributed by atoms with van der Waals surface area (Å²) >= 11 is 1.46. The van der Waals surface area contributed by atoms with E-state index < -0.39 is 0 Å². The zero-order chi connectivity index (χ0) is 9.26. The van der Waals surface area contributed by atoms with Gasteiger partial charge in [0.05, 0.1) is 10.4 Å². The summed E-state index contributed by atoms with van der Waals surface area (Å²) in [7, 11) is 0. The van der Waals surface area contributed by atoms with Gasteiger partial charge in [0.25, 0.3) is 0 Å². The van der Waals surface area contributed by atoms with Gasteiger partial charge in [0.15, 0.2) is 0 Å². The fourth-order valence-electron chi connectivity index (χ4n) is 1.11. The number of halogens is 1. The van der Waals surface area contributed by atoms with Crippen molar-refractivity contribution in [3.8, 4) is 10.4 Å². The van der Waals surface area contributed by atoms with E-state index in [1.165, 1.54) is 23.5 Å². The molecule has 13 heavy (non-hydrogen) atoms. The van der Waals surface area contributed by atoms with Crippen LogP contribution in [0, 0.1) is 5.82 Å². The first kappa shape index (κ1) is 8.19. The van der Waals surface area contributed by atoms with Gasteiger partial charge in [0.1, 0.15) is 5.82 Å². The predicted octanol–water partition coefficient (Wildman–Crippen LogP) is 2.53. The van der Waals surface area contributed by atoms with E-state index in [1.807, 2.05) is 0 Å². The average Bonchev–Trinajstić information content (AvgIpc) is 2.53. The van der Waals surface area contributed by atoms with Gasteiger partial charge in [0, 0.05) is 11.9 Å². The number of thiazole rings is 1. The lowest BCUT2D eigenvalue weighted by molar-refractivity contribution is 0.629. The molecule has 0 radical (unpaired) electrons. The molecule has 0 spiro atoms. The maximum absolute atomic E-state index is 12.9. The molecule has 0 aliphatic rings. The molecule has 0 unspecified atom stereocenters. The summed E-state index contributed by atoms with van der Waals surface area (Å²) in [5.41, 5.74) is 8.43. The molecule has 4 heteroatoms. The Labute approximate surface area is 78.9 Å². The van der Waals surface area contributed by atoms with E-state index in [2.05, 4.69) is 4.98 Å². The van der Waals surface area contributed by atoms with Crippen molar-refractivity contribution in [3.63, 3.8) is 0 Å². The molecule has 0 bridgehead atoms. The van der Waals surface area contributed by atoms with Crippen LogP contribution in [-0.4, -0.2) is 4.98 Å². The maximum Gasteiger partial charge on any atom is 0.125 e. The number of hydrogen-bond acceptors (Lipinski definition) is 3. The molecule has 2 aromatic rings. The van der Waals surface area contributed by atoms with Gasteiger partial charge in [-0.3, -0.25) is 4.98 Å². The van der Waals surface area contributed by atoms with E-state index in [4.69, 9.17) is 5.73 Å². The minimum Gasteiger partial charge on any atom is -0.399 e. The molecule has 1 aromatic carbocycles. The SMILES string of the molecule is Nc1cc(F)cc(-c2cncs2)c1. The second kappa shape index (κ2) is 3.14. The molecule has 0 aliphatic heterocycles. The lowest BCUT2D eigenvalue weighted by Crippen LogP contribution is -1.87. The molecule has 2 N–H and O–H groups in total. The number of rotatable bonds is 1. The van der Waals surface area contributed by atoms with Crippen molar-refractivity contribution in [3.05, 3.63) is 35.7 Å². The third-order valence-electron chi connectivity index (χ3n) is 1.64. The summed E-state index contributed by atoms with van der Waals surface area (Å²) in [6.45, 7) is 0. The molecule has 0 atom stereocenters. The van der Waals surface area contributed by atoms with Gasteiger partial charge in [-0.15, -0.1) is 11.3 Å². The predicted molar refractivity (Wildman–Crippen MR) is 51.9 cm³/mol. The molecular formula is C9H7FN2S. The molecule has 0 amide bonds. The normalized spacial score (nSPS) is 10.2. The minimum absolute atomic E-state index is 0.316. The Balaban J connectivity index is 2.53. The van der Waals surface area contributed by atoms with E-state index in [1.54, 1.807) is 17.8 Å². The van der Waals surface area contributed by atoms with Crippen LogP contribution in [-0.2, 0) is 0 Å². The number of nitrogen functional groups attached to an aromatic ring is 1. The van der Waals surface area contributed by atoms with Crippen LogP contribution >= 0.6 is 11.3 Å². The second-order valence-corrected chi connectivity index (χ2v) is 3.53. The quantitative estimate of drug-likeness (QED) is 0.708. The standard InChI is InChI=1S/C9H7FN2S/c10-7-1-6(2-8(11)3-7)9-4-12-5-13-9/h1-5H,11H2. The number of hydrogen-bond donors (Lipinski definition) is 1. The highest BCUT2D eigenvalue weighted by molar-refractivity contribution is 7.13. The van der Waals surface area contributed by atoms with Crippen LogP contribution in [0.15, 0.2) is 29.9 Å². The Hall–Kier alpha value is -1.42. The topological polar surface area (TPSA) is 38.9 Å². The van der Waals surface area contributed by atoms with Crippen LogP contribution < -0.4 is 5.73 Å². The molecule has 0 aliphatic carbocycles. The van der Waals surface area contributed by atoms with Crippen LogP contribution in [0.25, 0.3) is 10.4 Å². The third kappa shape index (κ3) is 1.67. The number of aromatic nitrogens is 1. The van der Waals surface area contributed by atoms with Crippen molar-refractivity contribution in [2.24, 2.45) is 0 Å². The fourth-order valence-corrected chi connectivity index (χ4v) is 1.72. The van der Waals surface area contributed by atoms with Crippen molar-refractivity contribution in [1.29, 1.82) is 0 Å². The molecule has 2 rings (SSSR count). The Kier molecular flexibility index (Phi) is 1.98. The van der Waals surface area contributed by atoms with E-state index >= 15 is 0 Å². The second-order valence-electron chi connectivity index (χ2n) is 2.64. The summed E-state index contributed by atoms with van der Waals surface area (Å²) in [5.74, 6) is -0.316. The summed E-state index contributed by atoms with van der Waals surface area (Å²) in [6, 6.07) is 4.48. The number of nitrogens with two attached hydrogens (primary N) is 1. The van der Waals surface area contributed by atoms with Crippen molar-refractivity contribution in [1.82, 2.24) is 4.98 Å². The zero-order valence-corrected chi connectivity index (χ0v) is 7.51. The molecule has 1 aromatic heterocycles. The van der Waals surface area contributed by atoms with E-state index in [9.17, 15) is 4.39 Å². The van der Waals surface area contributed by atoms with E-state index in [0.29, 0.717) is 5.69 Å². The lowest BCUT2D eigenvalue weighted by Gasteiger charge is -1.99. The summed E-state index contributed by atoms with van der Waals surface area (Å²) in [4.78, 5) is 4.84. The summed E-state index contributed by atoms with van der Waals surface area (Å²) in [6.07, 6.45) is 1.69. The Bertz CT molecular complexity index is 391. The first-order chi connectivity index (χ1) is 6.25. The van der Waals surface area contributed by atoms with Crippen LogP contribution in [0.1, 0.15) is 0 Å². The molecule has 2 nitrogen and oxygen atoms in total. The van der Waals surface area contributed by atoms with Gasteiger partial charge in [0.2, 0.25) is 0 Å². The number of anilines is 1. The van der Waals surface area contributed by atoms with Crippen LogP contribution in [0.4, 0.5) is 10.1 Å². The molecular weight excluding hydrogens is 187 g/mol. The Morgan fingerprint density at radius 1 is 1.31 bits per heavy atom. The zero-order valence-electron chi connectivity index (χ0n) is 6.70. The summed E-state index contributed by atoms with van der Waals surface area (Å²) < 4.78 is 12.9. The molecule has 0 fully saturated rings. The summed E-state index contributed by atoms with van der Waals surface area (Å²) in [5, 5.41) is 0. The highest BCUT2D eigenvalue weighted by Crippen LogP contribution is 2.25. The lowest BCUT2D eigenvalue weighted by atomic mass is 10.2. The van der Waals surface area contributed by atoms with E-state index in [-0.39, 0.29) is 5.82 Å². The van der Waals surface area contributed by atoms with E-state index in [0.717, 1.165) is 10.4 Å². The Morgan fingerprint density at radius 3 is 2.77 bits per heavy atom. The smallest absolute Gasteiger partial charge is 0.125 e. The Morgan fingerprint density at radius 2 is 2.15 bits per heavy atom. The monoisotopic (exact) mass is 194 g/mol. The molecule has 0 saturated heterocycles. The van der Waals surface area contributed by atoms with Crippen molar-refractivity contribution < 1.29 is 4.39 Å². The third-order valence-corrected chi connectivity index (χ3v) is 2.46.